The lowest BCUT2D eigenvalue weighted by molar-refractivity contribution is -0.171. The average molecular weight is 490 g/mol. The second-order valence-electron chi connectivity index (χ2n) is 8.77. The molecule has 2 aliphatic rings. The first-order valence-corrected chi connectivity index (χ1v) is 11.3. The predicted octanol–water partition coefficient (Wildman–Crippen LogP) is 4.17. The Morgan fingerprint density at radius 2 is 1.66 bits per heavy atom. The van der Waals surface area contributed by atoms with Crippen LogP contribution in [0.2, 0.25) is 0 Å². The second kappa shape index (κ2) is 9.97. The van der Waals surface area contributed by atoms with Crippen molar-refractivity contribution in [3.63, 3.8) is 0 Å². The normalized spacial score (nSPS) is 18.0. The quantitative estimate of drug-likeness (QED) is 0.608. The van der Waals surface area contributed by atoms with Gasteiger partial charge >= 0.3 is 18.2 Å². The number of nitrogens with one attached hydrogen (secondary N) is 1. The van der Waals surface area contributed by atoms with Gasteiger partial charge < -0.3 is 20.1 Å². The van der Waals surface area contributed by atoms with Crippen LogP contribution >= 0.6 is 0 Å². The Balaban J connectivity index is 1.41. The number of rotatable bonds is 7. The first kappa shape index (κ1) is 24.6. The molecule has 10 heteroatoms. The third-order valence-electron chi connectivity index (χ3n) is 6.54. The monoisotopic (exact) mass is 490 g/mol. The van der Waals surface area contributed by atoms with Gasteiger partial charge in [0.25, 0.3) is 0 Å². The van der Waals surface area contributed by atoms with Crippen molar-refractivity contribution in [3.8, 4) is 11.1 Å². The Morgan fingerprint density at radius 3 is 2.20 bits per heavy atom. The molecular formula is C25H25F3N2O5. The van der Waals surface area contributed by atoms with E-state index in [0.29, 0.717) is 0 Å². The molecular weight excluding hydrogens is 465 g/mol. The van der Waals surface area contributed by atoms with Crippen molar-refractivity contribution in [3.05, 3.63) is 59.7 Å². The Labute approximate surface area is 199 Å². The lowest BCUT2D eigenvalue weighted by Gasteiger charge is -2.24. The minimum atomic E-state index is -4.42. The summed E-state index contributed by atoms with van der Waals surface area (Å²) in [6, 6.07) is 14.2. The van der Waals surface area contributed by atoms with E-state index in [4.69, 9.17) is 9.84 Å². The van der Waals surface area contributed by atoms with Gasteiger partial charge in [-0.3, -0.25) is 9.59 Å². The molecule has 1 heterocycles. The molecule has 1 aliphatic heterocycles. The van der Waals surface area contributed by atoms with E-state index in [1.165, 1.54) is 0 Å². The van der Waals surface area contributed by atoms with E-state index in [1.807, 2.05) is 48.5 Å². The average Bonchev–Trinajstić information content (AvgIpc) is 3.44. The summed E-state index contributed by atoms with van der Waals surface area (Å²) < 4.78 is 44.5. The number of hydrogen-bond acceptors (Lipinski definition) is 4. The molecule has 0 spiro atoms. The number of nitrogens with zero attached hydrogens (tertiary/aromatic N) is 1. The Bertz CT molecular complexity index is 1070. The van der Waals surface area contributed by atoms with E-state index in [0.717, 1.165) is 27.2 Å². The zero-order valence-electron chi connectivity index (χ0n) is 18.8. The summed E-state index contributed by atoms with van der Waals surface area (Å²) >= 11 is 0. The molecule has 0 saturated carbocycles. The molecule has 0 aromatic heterocycles. The first-order valence-electron chi connectivity index (χ1n) is 11.3. The molecule has 1 fully saturated rings. The van der Waals surface area contributed by atoms with Gasteiger partial charge in [0.1, 0.15) is 12.6 Å². The molecule has 0 radical (unpaired) electrons. The van der Waals surface area contributed by atoms with Gasteiger partial charge in [-0.05, 0) is 35.1 Å². The summed E-state index contributed by atoms with van der Waals surface area (Å²) in [5.41, 5.74) is 4.07. The van der Waals surface area contributed by atoms with E-state index >= 15 is 0 Å². The van der Waals surface area contributed by atoms with Crippen molar-refractivity contribution >= 4 is 18.0 Å². The number of amides is 2. The summed E-state index contributed by atoms with van der Waals surface area (Å²) in [7, 11) is 0. The van der Waals surface area contributed by atoms with Crippen LogP contribution in [0.3, 0.4) is 0 Å². The van der Waals surface area contributed by atoms with Crippen molar-refractivity contribution < 1.29 is 37.4 Å². The smallest absolute Gasteiger partial charge is 0.407 e. The maximum atomic E-state index is 13.0. The molecule has 1 saturated heterocycles. The standard InChI is InChI=1S/C25H25F3N2O5/c26-25(27,28)15-11-12-30(13-15)23(33)21(9-10-22(31)32)29-24(34)35-14-20-18-7-3-1-5-16(18)17-6-2-4-8-19(17)20/h1-8,15,20-21H,9-14H2,(H,29,34)(H,31,32). The molecule has 2 aromatic rings. The van der Waals surface area contributed by atoms with Gasteiger partial charge in [0, 0.05) is 25.4 Å². The molecule has 1 aliphatic carbocycles. The topological polar surface area (TPSA) is 95.9 Å². The summed E-state index contributed by atoms with van der Waals surface area (Å²) in [4.78, 5) is 37.5. The number of benzene rings is 2. The van der Waals surface area contributed by atoms with E-state index < -0.39 is 49.1 Å². The van der Waals surface area contributed by atoms with Crippen LogP contribution in [0.4, 0.5) is 18.0 Å². The third kappa shape index (κ3) is 5.41. The van der Waals surface area contributed by atoms with E-state index in [-0.39, 0.29) is 31.9 Å². The molecule has 7 nitrogen and oxygen atoms in total. The second-order valence-corrected chi connectivity index (χ2v) is 8.77. The minimum Gasteiger partial charge on any atom is -0.481 e. The van der Waals surface area contributed by atoms with E-state index in [1.54, 1.807) is 0 Å². The largest absolute Gasteiger partial charge is 0.481 e. The number of likely N-dealkylation sites (tertiary alicyclic amines) is 1. The molecule has 2 N–H and O–H groups in total. The molecule has 4 rings (SSSR count). The van der Waals surface area contributed by atoms with Gasteiger partial charge in [-0.25, -0.2) is 4.79 Å². The van der Waals surface area contributed by atoms with Crippen LogP contribution in [0.15, 0.2) is 48.5 Å². The maximum Gasteiger partial charge on any atom is 0.407 e. The zero-order chi connectivity index (χ0) is 25.2. The molecule has 2 amide bonds. The van der Waals surface area contributed by atoms with Crippen LogP contribution in [0, 0.1) is 5.92 Å². The van der Waals surface area contributed by atoms with Crippen LogP contribution in [-0.2, 0) is 14.3 Å². The van der Waals surface area contributed by atoms with Gasteiger partial charge in [-0.15, -0.1) is 0 Å². The summed E-state index contributed by atoms with van der Waals surface area (Å²) in [5, 5.41) is 11.4. The number of carboxylic acids is 1. The fourth-order valence-corrected chi connectivity index (χ4v) is 4.76. The highest BCUT2D eigenvalue weighted by Gasteiger charge is 2.45. The van der Waals surface area contributed by atoms with Crippen molar-refractivity contribution in [2.45, 2.75) is 37.4 Å². The number of hydrogen-bond donors (Lipinski definition) is 2. The van der Waals surface area contributed by atoms with Gasteiger partial charge in [0.05, 0.1) is 5.92 Å². The highest BCUT2D eigenvalue weighted by atomic mass is 19.4. The fraction of sp³-hybridized carbons (Fsp3) is 0.400. The summed E-state index contributed by atoms with van der Waals surface area (Å²) in [6.45, 7) is -0.642. The van der Waals surface area contributed by atoms with Crippen LogP contribution in [0.1, 0.15) is 36.3 Å². The highest BCUT2D eigenvalue weighted by Crippen LogP contribution is 2.44. The third-order valence-corrected chi connectivity index (χ3v) is 6.54. The SMILES string of the molecule is O=C(O)CCC(NC(=O)OCC1c2ccccc2-c2ccccc21)C(=O)N1CCC(C(F)(F)F)C1. The molecule has 186 valence electrons. The number of fused-ring (bicyclic) bond motifs is 3. The number of aliphatic carboxylic acids is 1. The number of alkyl halides is 3. The van der Waals surface area contributed by atoms with Crippen LogP contribution in [0.5, 0.6) is 0 Å². The van der Waals surface area contributed by atoms with Gasteiger partial charge in [0.15, 0.2) is 0 Å². The van der Waals surface area contributed by atoms with Crippen LogP contribution in [0.25, 0.3) is 11.1 Å². The predicted molar refractivity (Wildman–Crippen MR) is 120 cm³/mol. The first-order chi connectivity index (χ1) is 16.6. The number of alkyl carbamates (subject to hydrolysis) is 1. The highest BCUT2D eigenvalue weighted by molar-refractivity contribution is 5.86. The minimum absolute atomic E-state index is 0.0143. The maximum absolute atomic E-state index is 13.0. The number of carbonyl (C=O) groups excluding carboxylic acids is 2. The zero-order valence-corrected chi connectivity index (χ0v) is 18.8. The van der Waals surface area contributed by atoms with Gasteiger partial charge in [-0.1, -0.05) is 48.5 Å². The molecule has 35 heavy (non-hydrogen) atoms. The summed E-state index contributed by atoms with van der Waals surface area (Å²) in [5.74, 6) is -3.79. The van der Waals surface area contributed by atoms with Crippen molar-refractivity contribution in [2.75, 3.05) is 19.7 Å². The fourth-order valence-electron chi connectivity index (χ4n) is 4.76. The van der Waals surface area contributed by atoms with Crippen molar-refractivity contribution in [1.82, 2.24) is 10.2 Å². The summed E-state index contributed by atoms with van der Waals surface area (Å²) in [6.07, 6.45) is -6.28. The van der Waals surface area contributed by atoms with Crippen molar-refractivity contribution in [2.24, 2.45) is 5.92 Å². The molecule has 2 aromatic carbocycles. The molecule has 2 atom stereocenters. The van der Waals surface area contributed by atoms with Crippen LogP contribution < -0.4 is 5.32 Å². The van der Waals surface area contributed by atoms with Crippen LogP contribution in [-0.4, -0.2) is 59.9 Å². The van der Waals surface area contributed by atoms with E-state index in [9.17, 15) is 27.6 Å². The number of halogens is 3. The number of ether oxygens (including phenoxy) is 1. The molecule has 0 bridgehead atoms. The number of carbonyl (C=O) groups is 3. The van der Waals surface area contributed by atoms with Gasteiger partial charge in [0.2, 0.25) is 5.91 Å². The van der Waals surface area contributed by atoms with E-state index in [2.05, 4.69) is 5.32 Å². The van der Waals surface area contributed by atoms with Crippen molar-refractivity contribution in [1.29, 1.82) is 0 Å². The Morgan fingerprint density at radius 1 is 1.06 bits per heavy atom. The lowest BCUT2D eigenvalue weighted by atomic mass is 9.98. The number of carboxylic acid groups (broad SMARTS) is 1. The lowest BCUT2D eigenvalue weighted by Crippen LogP contribution is -2.48. The Hall–Kier alpha value is -3.56. The molecule has 2 unspecified atom stereocenters. The Kier molecular flexibility index (Phi) is 7.00. The van der Waals surface area contributed by atoms with Gasteiger partial charge in [-0.2, -0.15) is 13.2 Å².